The van der Waals surface area contributed by atoms with Crippen LogP contribution in [0.1, 0.15) is 11.1 Å². The Labute approximate surface area is 166 Å². The van der Waals surface area contributed by atoms with E-state index < -0.39 is 0 Å². The Balaban J connectivity index is 1.47. The van der Waals surface area contributed by atoms with Gasteiger partial charge in [-0.3, -0.25) is 4.79 Å². The molecular weight excluding hydrogens is 340 g/mol. The summed E-state index contributed by atoms with van der Waals surface area (Å²) in [5.74, 6) is 0.232. The van der Waals surface area contributed by atoms with Gasteiger partial charge in [-0.15, -0.1) is 0 Å². The van der Waals surface area contributed by atoms with Crippen molar-refractivity contribution in [3.63, 3.8) is 0 Å². The molecule has 0 fully saturated rings. The van der Waals surface area contributed by atoms with Gasteiger partial charge in [-0.1, -0.05) is 109 Å². The number of hydrogen-bond acceptors (Lipinski definition) is 1. The van der Waals surface area contributed by atoms with Crippen LogP contribution in [0.4, 0.5) is 0 Å². The van der Waals surface area contributed by atoms with Crippen molar-refractivity contribution in [3.8, 4) is 22.3 Å². The van der Waals surface area contributed by atoms with E-state index in [0.717, 1.165) is 22.3 Å². The zero-order valence-electron chi connectivity index (χ0n) is 15.7. The average Bonchev–Trinajstić information content (AvgIpc) is 2.75. The van der Waals surface area contributed by atoms with E-state index in [1.54, 1.807) is 0 Å². The number of Topliss-reactive ketones (excluding diaryl/α,β-unsaturated/α-hetero) is 1. The monoisotopic (exact) mass is 362 g/mol. The Morgan fingerprint density at radius 3 is 1.29 bits per heavy atom. The molecule has 0 aromatic heterocycles. The van der Waals surface area contributed by atoms with Crippen LogP contribution in [0, 0.1) is 0 Å². The lowest BCUT2D eigenvalue weighted by atomic mass is 9.97. The van der Waals surface area contributed by atoms with Gasteiger partial charge in [0, 0.05) is 12.8 Å². The van der Waals surface area contributed by atoms with Gasteiger partial charge in [0.15, 0.2) is 0 Å². The van der Waals surface area contributed by atoms with E-state index in [1.807, 2.05) is 60.7 Å². The Kier molecular flexibility index (Phi) is 5.44. The molecule has 0 aliphatic heterocycles. The zero-order chi connectivity index (χ0) is 19.2. The summed E-state index contributed by atoms with van der Waals surface area (Å²) in [6, 6.07) is 37.1. The molecule has 0 amide bonds. The highest BCUT2D eigenvalue weighted by Gasteiger charge is 2.08. The third kappa shape index (κ3) is 4.44. The molecule has 0 aliphatic carbocycles. The van der Waals surface area contributed by atoms with Crippen molar-refractivity contribution in [1.82, 2.24) is 0 Å². The van der Waals surface area contributed by atoms with Crippen molar-refractivity contribution in [3.05, 3.63) is 120 Å². The van der Waals surface area contributed by atoms with E-state index in [-0.39, 0.29) is 5.78 Å². The fraction of sp³-hybridized carbons (Fsp3) is 0.0741. The lowest BCUT2D eigenvalue weighted by Crippen LogP contribution is -2.06. The minimum atomic E-state index is 0.232. The number of benzene rings is 4. The number of carbonyl (C=O) groups is 1. The summed E-state index contributed by atoms with van der Waals surface area (Å²) >= 11 is 0. The second-order valence-corrected chi connectivity index (χ2v) is 7.03. The summed E-state index contributed by atoms with van der Waals surface area (Å²) in [4.78, 5) is 12.7. The minimum Gasteiger partial charge on any atom is -0.299 e. The van der Waals surface area contributed by atoms with Crippen molar-refractivity contribution in [2.75, 3.05) is 0 Å². The first-order valence-electron chi connectivity index (χ1n) is 9.58. The maximum Gasteiger partial charge on any atom is 0.141 e. The minimum absolute atomic E-state index is 0.232. The highest BCUT2D eigenvalue weighted by atomic mass is 16.1. The molecule has 0 saturated carbocycles. The number of ketones is 1. The van der Waals surface area contributed by atoms with Gasteiger partial charge < -0.3 is 0 Å². The smallest absolute Gasteiger partial charge is 0.141 e. The van der Waals surface area contributed by atoms with Gasteiger partial charge in [0.05, 0.1) is 0 Å². The third-order valence-electron chi connectivity index (χ3n) is 4.87. The third-order valence-corrected chi connectivity index (χ3v) is 4.87. The maximum atomic E-state index is 12.7. The normalized spacial score (nSPS) is 10.6. The van der Waals surface area contributed by atoms with Crippen molar-refractivity contribution in [2.45, 2.75) is 12.8 Å². The van der Waals surface area contributed by atoms with Crippen molar-refractivity contribution in [1.29, 1.82) is 0 Å². The van der Waals surface area contributed by atoms with E-state index in [9.17, 15) is 4.79 Å². The first kappa shape index (κ1) is 17.9. The quantitative estimate of drug-likeness (QED) is 0.389. The molecule has 0 spiro atoms. The molecule has 0 unspecified atom stereocenters. The molecule has 0 aliphatic rings. The summed E-state index contributed by atoms with van der Waals surface area (Å²) in [5.41, 5.74) is 6.77. The Morgan fingerprint density at radius 1 is 0.464 bits per heavy atom. The fourth-order valence-electron chi connectivity index (χ4n) is 3.50. The van der Waals surface area contributed by atoms with Crippen LogP contribution in [-0.2, 0) is 17.6 Å². The van der Waals surface area contributed by atoms with E-state index in [0.29, 0.717) is 12.8 Å². The second kappa shape index (κ2) is 8.49. The van der Waals surface area contributed by atoms with Gasteiger partial charge >= 0.3 is 0 Å². The van der Waals surface area contributed by atoms with Crippen LogP contribution in [0.25, 0.3) is 22.3 Å². The number of carbonyl (C=O) groups excluding carboxylic acids is 1. The molecule has 4 aromatic rings. The first-order chi connectivity index (χ1) is 13.8. The Bertz CT molecular complexity index is 978. The summed E-state index contributed by atoms with van der Waals surface area (Å²) < 4.78 is 0. The van der Waals surface area contributed by atoms with Crippen LogP contribution in [0.2, 0.25) is 0 Å². The van der Waals surface area contributed by atoms with Crippen molar-refractivity contribution in [2.24, 2.45) is 0 Å². The molecule has 4 rings (SSSR count). The van der Waals surface area contributed by atoms with Gasteiger partial charge in [0.2, 0.25) is 0 Å². The SMILES string of the molecule is O=C(Cc1cccc(-c2ccccc2)c1)Cc1cccc(-c2ccccc2)c1. The predicted molar refractivity (Wildman–Crippen MR) is 116 cm³/mol. The molecule has 0 radical (unpaired) electrons. The van der Waals surface area contributed by atoms with Crippen LogP contribution >= 0.6 is 0 Å². The molecule has 0 atom stereocenters. The molecular formula is C27H22O. The van der Waals surface area contributed by atoms with E-state index in [2.05, 4.69) is 48.5 Å². The van der Waals surface area contributed by atoms with E-state index in [4.69, 9.17) is 0 Å². The molecule has 0 N–H and O–H groups in total. The molecule has 1 heteroatoms. The Hall–Kier alpha value is -3.45. The fourth-order valence-corrected chi connectivity index (χ4v) is 3.50. The van der Waals surface area contributed by atoms with Crippen LogP contribution in [0.15, 0.2) is 109 Å². The van der Waals surface area contributed by atoms with Gasteiger partial charge in [0.1, 0.15) is 5.78 Å². The molecule has 0 heterocycles. The van der Waals surface area contributed by atoms with Crippen LogP contribution < -0.4 is 0 Å². The summed E-state index contributed by atoms with van der Waals surface area (Å²) in [6.45, 7) is 0. The lowest BCUT2D eigenvalue weighted by molar-refractivity contribution is -0.117. The topological polar surface area (TPSA) is 17.1 Å². The van der Waals surface area contributed by atoms with E-state index in [1.165, 1.54) is 11.1 Å². The van der Waals surface area contributed by atoms with Gasteiger partial charge in [0.25, 0.3) is 0 Å². The zero-order valence-corrected chi connectivity index (χ0v) is 15.7. The number of hydrogen-bond donors (Lipinski definition) is 0. The summed E-state index contributed by atoms with van der Waals surface area (Å²) in [5, 5.41) is 0. The van der Waals surface area contributed by atoms with Crippen LogP contribution in [-0.4, -0.2) is 5.78 Å². The predicted octanol–water partition coefficient (Wildman–Crippen LogP) is 6.37. The molecule has 0 bridgehead atoms. The van der Waals surface area contributed by atoms with Gasteiger partial charge in [-0.05, 0) is 33.4 Å². The molecule has 1 nitrogen and oxygen atoms in total. The largest absolute Gasteiger partial charge is 0.299 e. The molecule has 0 saturated heterocycles. The van der Waals surface area contributed by atoms with E-state index >= 15 is 0 Å². The first-order valence-corrected chi connectivity index (χ1v) is 9.58. The summed E-state index contributed by atoms with van der Waals surface area (Å²) in [6.07, 6.45) is 0.909. The molecule has 4 aromatic carbocycles. The molecule has 28 heavy (non-hydrogen) atoms. The average molecular weight is 362 g/mol. The van der Waals surface area contributed by atoms with Gasteiger partial charge in [-0.25, -0.2) is 0 Å². The summed E-state index contributed by atoms with van der Waals surface area (Å²) in [7, 11) is 0. The van der Waals surface area contributed by atoms with Gasteiger partial charge in [-0.2, -0.15) is 0 Å². The van der Waals surface area contributed by atoms with Crippen molar-refractivity contribution < 1.29 is 4.79 Å². The highest BCUT2D eigenvalue weighted by molar-refractivity contribution is 5.84. The standard InChI is InChI=1S/C27H22O/c28-27(19-21-9-7-15-25(17-21)23-11-3-1-4-12-23)20-22-10-8-16-26(18-22)24-13-5-2-6-14-24/h1-18H,19-20H2. The lowest BCUT2D eigenvalue weighted by Gasteiger charge is -2.07. The second-order valence-electron chi connectivity index (χ2n) is 7.03. The van der Waals surface area contributed by atoms with Crippen LogP contribution in [0.5, 0.6) is 0 Å². The highest BCUT2D eigenvalue weighted by Crippen LogP contribution is 2.22. The molecule has 136 valence electrons. The van der Waals surface area contributed by atoms with Crippen LogP contribution in [0.3, 0.4) is 0 Å². The Morgan fingerprint density at radius 2 is 0.857 bits per heavy atom. The maximum absolute atomic E-state index is 12.7. The number of rotatable bonds is 6. The van der Waals surface area contributed by atoms with Crippen molar-refractivity contribution >= 4 is 5.78 Å².